The van der Waals surface area contributed by atoms with Crippen molar-refractivity contribution < 1.29 is 4.79 Å². The third kappa shape index (κ3) is 6.03. The molecule has 1 N–H and O–H groups in total. The largest absolute Gasteiger partial charge is 0.325 e. The molecular weight excluding hydrogens is 430 g/mol. The molecule has 174 valence electrons. The van der Waals surface area contributed by atoms with Crippen molar-refractivity contribution in [2.24, 2.45) is 0 Å². The molecule has 1 aromatic heterocycles. The van der Waals surface area contributed by atoms with Crippen LogP contribution in [0, 0.1) is 0 Å². The molecule has 1 aliphatic heterocycles. The summed E-state index contributed by atoms with van der Waals surface area (Å²) < 4.78 is 2.17. The predicted molar refractivity (Wildman–Crippen MR) is 135 cm³/mol. The first-order valence-corrected chi connectivity index (χ1v) is 12.9. The van der Waals surface area contributed by atoms with Gasteiger partial charge in [0, 0.05) is 5.69 Å². The summed E-state index contributed by atoms with van der Waals surface area (Å²) in [5, 5.41) is 12.9. The van der Waals surface area contributed by atoms with Crippen LogP contribution in [0.3, 0.4) is 0 Å². The molecule has 0 spiro atoms. The minimum absolute atomic E-state index is 0.00838. The van der Waals surface area contributed by atoms with Crippen molar-refractivity contribution in [3.63, 3.8) is 0 Å². The van der Waals surface area contributed by atoms with Gasteiger partial charge in [-0.2, -0.15) is 0 Å². The van der Waals surface area contributed by atoms with E-state index in [1.807, 2.05) is 6.07 Å². The molecule has 2 heterocycles. The van der Waals surface area contributed by atoms with Crippen LogP contribution in [0.4, 0.5) is 5.69 Å². The normalized spacial score (nSPS) is 14.0. The van der Waals surface area contributed by atoms with Crippen LogP contribution in [-0.4, -0.2) is 44.4 Å². The quantitative estimate of drug-likeness (QED) is 0.439. The van der Waals surface area contributed by atoms with Gasteiger partial charge >= 0.3 is 0 Å². The molecule has 33 heavy (non-hydrogen) atoms. The topological polar surface area (TPSA) is 63.1 Å². The van der Waals surface area contributed by atoms with Gasteiger partial charge in [0.05, 0.1) is 18.8 Å². The number of amides is 1. The lowest BCUT2D eigenvalue weighted by Crippen LogP contribution is -2.22. The molecule has 1 aliphatic rings. The number of rotatable bonds is 10. The van der Waals surface area contributed by atoms with Gasteiger partial charge in [-0.25, -0.2) is 0 Å². The van der Waals surface area contributed by atoms with Crippen LogP contribution >= 0.6 is 11.8 Å². The number of aryl methyl sites for hydroxylation is 2. The first kappa shape index (κ1) is 23.5. The highest BCUT2D eigenvalue weighted by molar-refractivity contribution is 7.99. The number of carbonyl (C=O) groups excluding carboxylic acids is 1. The monoisotopic (exact) mass is 463 g/mol. The smallest absolute Gasteiger partial charge is 0.234 e. The van der Waals surface area contributed by atoms with Gasteiger partial charge in [0.1, 0.15) is 5.82 Å². The van der Waals surface area contributed by atoms with E-state index in [1.54, 1.807) is 0 Å². The summed E-state index contributed by atoms with van der Waals surface area (Å²) in [5.74, 6) is 1.26. The Bertz CT molecular complexity index is 1040. The van der Waals surface area contributed by atoms with Crippen LogP contribution < -0.4 is 5.32 Å². The van der Waals surface area contributed by atoms with E-state index in [0.29, 0.717) is 12.3 Å². The van der Waals surface area contributed by atoms with E-state index in [-0.39, 0.29) is 5.91 Å². The lowest BCUT2D eigenvalue weighted by atomic mass is 10.0. The van der Waals surface area contributed by atoms with Gasteiger partial charge in [0.25, 0.3) is 0 Å². The van der Waals surface area contributed by atoms with E-state index in [4.69, 9.17) is 0 Å². The van der Waals surface area contributed by atoms with Crippen molar-refractivity contribution in [2.75, 3.05) is 24.2 Å². The summed E-state index contributed by atoms with van der Waals surface area (Å²) in [4.78, 5) is 15.3. The van der Waals surface area contributed by atoms with Crippen LogP contribution in [0.5, 0.6) is 0 Å². The Labute approximate surface area is 200 Å². The average Bonchev–Trinajstić information content (AvgIpc) is 3.49. The standard InChI is InChI=1S/C26H33N5OS/c1-3-21-13-10-14-22(4-2)25(21)27-24(32)19-33-26-29-28-23(18-30-15-8-9-16-30)31(26)17-20-11-6-5-7-12-20/h5-7,10-14H,3-4,8-9,15-19H2,1-2H3,(H,27,32). The molecule has 0 aliphatic carbocycles. The molecule has 3 aromatic rings. The fourth-order valence-electron chi connectivity index (χ4n) is 4.32. The Balaban J connectivity index is 1.48. The second-order valence-corrected chi connectivity index (χ2v) is 9.39. The fourth-order valence-corrected chi connectivity index (χ4v) is 5.07. The Morgan fingerprint density at radius 1 is 0.939 bits per heavy atom. The Morgan fingerprint density at radius 3 is 2.30 bits per heavy atom. The Morgan fingerprint density at radius 2 is 1.64 bits per heavy atom. The molecule has 7 heteroatoms. The highest BCUT2D eigenvalue weighted by Crippen LogP contribution is 2.25. The summed E-state index contributed by atoms with van der Waals surface area (Å²) in [7, 11) is 0. The zero-order chi connectivity index (χ0) is 23.0. The first-order valence-electron chi connectivity index (χ1n) is 11.9. The van der Waals surface area contributed by atoms with E-state index in [9.17, 15) is 4.79 Å². The Hall–Kier alpha value is -2.64. The maximum absolute atomic E-state index is 12.9. The van der Waals surface area contributed by atoms with Gasteiger partial charge in [-0.1, -0.05) is 74.1 Å². The minimum Gasteiger partial charge on any atom is -0.325 e. The lowest BCUT2D eigenvalue weighted by Gasteiger charge is -2.16. The van der Waals surface area contributed by atoms with Crippen LogP contribution in [0.25, 0.3) is 0 Å². The summed E-state index contributed by atoms with van der Waals surface area (Å²) in [6.07, 6.45) is 4.27. The van der Waals surface area contributed by atoms with Crippen LogP contribution in [0.15, 0.2) is 53.7 Å². The number of anilines is 1. The zero-order valence-electron chi connectivity index (χ0n) is 19.6. The molecule has 1 amide bonds. The second kappa shape index (κ2) is 11.5. The van der Waals surface area contributed by atoms with E-state index in [2.05, 4.69) is 81.3 Å². The number of likely N-dealkylation sites (tertiary alicyclic amines) is 1. The maximum atomic E-state index is 12.9. The van der Waals surface area contributed by atoms with Crippen LogP contribution in [-0.2, 0) is 30.7 Å². The molecular formula is C26H33N5OS. The second-order valence-electron chi connectivity index (χ2n) is 8.45. The molecule has 0 bridgehead atoms. The van der Waals surface area contributed by atoms with Crippen molar-refractivity contribution in [1.29, 1.82) is 0 Å². The summed E-state index contributed by atoms with van der Waals surface area (Å²) in [6.45, 7) is 7.97. The van der Waals surface area contributed by atoms with Gasteiger partial charge in [-0.3, -0.25) is 9.69 Å². The summed E-state index contributed by atoms with van der Waals surface area (Å²) in [5.41, 5.74) is 4.52. The molecule has 0 radical (unpaired) electrons. The zero-order valence-corrected chi connectivity index (χ0v) is 20.4. The van der Waals surface area contributed by atoms with Crippen molar-refractivity contribution >= 4 is 23.4 Å². The third-order valence-corrected chi connectivity index (χ3v) is 7.10. The third-order valence-electron chi connectivity index (χ3n) is 6.14. The Kier molecular flexibility index (Phi) is 8.18. The van der Waals surface area contributed by atoms with Crippen molar-refractivity contribution in [1.82, 2.24) is 19.7 Å². The molecule has 1 fully saturated rings. The van der Waals surface area contributed by atoms with Crippen molar-refractivity contribution in [2.45, 2.75) is 57.8 Å². The molecule has 0 unspecified atom stereocenters. The number of nitrogens with zero attached hydrogens (tertiary/aromatic N) is 4. The average molecular weight is 464 g/mol. The molecule has 1 saturated heterocycles. The number of thioether (sulfide) groups is 1. The number of hydrogen-bond donors (Lipinski definition) is 1. The summed E-state index contributed by atoms with van der Waals surface area (Å²) >= 11 is 1.46. The predicted octanol–water partition coefficient (Wildman–Crippen LogP) is 4.78. The fraction of sp³-hybridized carbons (Fsp3) is 0.423. The number of hydrogen-bond acceptors (Lipinski definition) is 5. The highest BCUT2D eigenvalue weighted by Gasteiger charge is 2.19. The van der Waals surface area contributed by atoms with Gasteiger partial charge in [0.15, 0.2) is 5.16 Å². The van der Waals surface area contributed by atoms with Gasteiger partial charge in [-0.05, 0) is 55.5 Å². The van der Waals surface area contributed by atoms with Gasteiger partial charge in [-0.15, -0.1) is 10.2 Å². The molecule has 2 aromatic carbocycles. The first-order chi connectivity index (χ1) is 16.2. The molecule has 0 atom stereocenters. The number of carbonyl (C=O) groups is 1. The van der Waals surface area contributed by atoms with Crippen molar-refractivity contribution in [3.8, 4) is 0 Å². The SMILES string of the molecule is CCc1cccc(CC)c1NC(=O)CSc1nnc(CN2CCCC2)n1Cc1ccccc1. The number of nitrogens with one attached hydrogen (secondary N) is 1. The van der Waals surface area contributed by atoms with Crippen LogP contribution in [0.1, 0.15) is 49.2 Å². The molecule has 6 nitrogen and oxygen atoms in total. The van der Waals surface area contributed by atoms with E-state index < -0.39 is 0 Å². The van der Waals surface area contributed by atoms with Crippen molar-refractivity contribution in [3.05, 3.63) is 71.0 Å². The van der Waals surface area contributed by atoms with E-state index in [0.717, 1.165) is 49.1 Å². The van der Waals surface area contributed by atoms with E-state index in [1.165, 1.54) is 41.3 Å². The number of para-hydroxylation sites is 1. The number of benzene rings is 2. The summed E-state index contributed by atoms with van der Waals surface area (Å²) in [6, 6.07) is 16.6. The van der Waals surface area contributed by atoms with Gasteiger partial charge in [0.2, 0.25) is 5.91 Å². The number of aromatic nitrogens is 3. The van der Waals surface area contributed by atoms with Gasteiger partial charge < -0.3 is 9.88 Å². The maximum Gasteiger partial charge on any atom is 0.234 e. The molecule has 0 saturated carbocycles. The minimum atomic E-state index is -0.00838. The van der Waals surface area contributed by atoms with E-state index >= 15 is 0 Å². The molecule has 4 rings (SSSR count). The highest BCUT2D eigenvalue weighted by atomic mass is 32.2. The lowest BCUT2D eigenvalue weighted by molar-refractivity contribution is -0.113. The van der Waals surface area contributed by atoms with Crippen LogP contribution in [0.2, 0.25) is 0 Å².